The maximum atomic E-state index is 13.8. The first-order valence-electron chi connectivity index (χ1n) is 14.9. The van der Waals surface area contributed by atoms with Gasteiger partial charge in [-0.1, -0.05) is 29.8 Å². The van der Waals surface area contributed by atoms with E-state index in [9.17, 15) is 23.3 Å². The summed E-state index contributed by atoms with van der Waals surface area (Å²) in [5.74, 6) is -0.397. The van der Waals surface area contributed by atoms with Crippen molar-refractivity contribution in [1.82, 2.24) is 29.0 Å². The first kappa shape index (κ1) is 32.0. The van der Waals surface area contributed by atoms with Crippen molar-refractivity contribution in [2.24, 2.45) is 7.05 Å². The molecule has 1 atom stereocenters. The van der Waals surface area contributed by atoms with E-state index < -0.39 is 22.0 Å². The lowest BCUT2D eigenvalue weighted by atomic mass is 10.0. The van der Waals surface area contributed by atoms with Crippen molar-refractivity contribution in [1.29, 1.82) is 5.26 Å². The van der Waals surface area contributed by atoms with E-state index >= 15 is 0 Å². The molecule has 15 heteroatoms. The SMILES string of the molecule is Cc1cc([C@@H](C)Nc2ccc(Cl)nc2C(=O)NS(C)(=O)=O)c2nc(N3CCC(n4nc(C#N)c5ccccc54)CC3)n(C)c(=O)c2c1. The van der Waals surface area contributed by atoms with Gasteiger partial charge in [0.25, 0.3) is 11.5 Å². The van der Waals surface area contributed by atoms with Crippen molar-refractivity contribution >= 4 is 61.0 Å². The molecule has 0 saturated carbocycles. The lowest BCUT2D eigenvalue weighted by Gasteiger charge is -2.34. The molecule has 0 aliphatic carbocycles. The Bertz CT molecular complexity index is 2270. The van der Waals surface area contributed by atoms with Crippen LogP contribution >= 0.6 is 11.6 Å². The Labute approximate surface area is 275 Å². The Morgan fingerprint density at radius 3 is 2.53 bits per heavy atom. The summed E-state index contributed by atoms with van der Waals surface area (Å²) in [4.78, 5) is 37.7. The van der Waals surface area contributed by atoms with Gasteiger partial charge in [0.2, 0.25) is 16.0 Å². The number of amides is 1. The number of aromatic nitrogens is 5. The molecular formula is C32H32ClN9O4S. The Hall–Kier alpha value is -5.00. The summed E-state index contributed by atoms with van der Waals surface area (Å²) in [7, 11) is -2.14. The lowest BCUT2D eigenvalue weighted by Crippen LogP contribution is -2.39. The molecule has 0 unspecified atom stereocenters. The molecule has 1 aliphatic heterocycles. The van der Waals surface area contributed by atoms with Crippen LogP contribution in [-0.4, -0.2) is 58.0 Å². The van der Waals surface area contributed by atoms with Gasteiger partial charge in [-0.05, 0) is 62.6 Å². The Morgan fingerprint density at radius 2 is 1.83 bits per heavy atom. The fourth-order valence-corrected chi connectivity index (χ4v) is 6.75. The first-order valence-corrected chi connectivity index (χ1v) is 17.2. The molecule has 1 aliphatic rings. The summed E-state index contributed by atoms with van der Waals surface area (Å²) in [6.07, 6.45) is 2.36. The molecule has 1 amide bonds. The van der Waals surface area contributed by atoms with E-state index in [1.165, 1.54) is 6.07 Å². The smallest absolute Gasteiger partial charge is 0.285 e. The largest absolute Gasteiger partial charge is 0.377 e. The number of nitriles is 1. The number of anilines is 2. The Morgan fingerprint density at radius 1 is 1.11 bits per heavy atom. The van der Waals surface area contributed by atoms with E-state index in [2.05, 4.69) is 26.4 Å². The summed E-state index contributed by atoms with van der Waals surface area (Å²) < 4.78 is 28.9. The van der Waals surface area contributed by atoms with Crippen LogP contribution in [0.4, 0.5) is 11.6 Å². The quantitative estimate of drug-likeness (QED) is 0.239. The molecule has 13 nitrogen and oxygen atoms in total. The summed E-state index contributed by atoms with van der Waals surface area (Å²) in [6.45, 7) is 4.99. The lowest BCUT2D eigenvalue weighted by molar-refractivity contribution is 0.0977. The average Bonchev–Trinajstić information content (AvgIpc) is 3.41. The highest BCUT2D eigenvalue weighted by Gasteiger charge is 2.27. The van der Waals surface area contributed by atoms with E-state index in [1.807, 2.05) is 53.6 Å². The second kappa shape index (κ2) is 12.3. The van der Waals surface area contributed by atoms with Crippen molar-refractivity contribution in [3.8, 4) is 6.07 Å². The first-order chi connectivity index (χ1) is 22.3. The Balaban J connectivity index is 1.32. The number of benzene rings is 2. The van der Waals surface area contributed by atoms with Crippen molar-refractivity contribution in [3.63, 3.8) is 0 Å². The standard InChI is InChI=1S/C32H32ClN9O4S/c1-18-15-22(19(2)35-24-9-10-27(33)36-29(24)30(43)39-47(4,45)46)28-23(16-18)31(44)40(3)32(37-28)41-13-11-20(12-14-41)42-26-8-6-5-7-21(26)25(17-34)38-42/h5-10,15-16,19-20,35H,11-14H2,1-4H3,(H,39,43)/t19-/m1/s1. The van der Waals surface area contributed by atoms with E-state index in [-0.39, 0.29) is 28.1 Å². The highest BCUT2D eigenvalue weighted by molar-refractivity contribution is 7.89. The average molecular weight is 674 g/mol. The van der Waals surface area contributed by atoms with Crippen LogP contribution in [0.5, 0.6) is 0 Å². The van der Waals surface area contributed by atoms with Crippen LogP contribution in [0.25, 0.3) is 21.8 Å². The highest BCUT2D eigenvalue weighted by Crippen LogP contribution is 2.32. The number of halogens is 1. The third kappa shape index (κ3) is 6.24. The summed E-state index contributed by atoms with van der Waals surface area (Å²) in [6, 6.07) is 16.3. The number of fused-ring (bicyclic) bond motifs is 2. The van der Waals surface area contributed by atoms with Gasteiger partial charge >= 0.3 is 0 Å². The minimum atomic E-state index is -3.85. The number of nitrogens with zero attached hydrogens (tertiary/aromatic N) is 7. The molecule has 1 saturated heterocycles. The molecule has 6 rings (SSSR count). The zero-order chi connectivity index (χ0) is 33.6. The predicted octanol–water partition coefficient (Wildman–Crippen LogP) is 4.22. The summed E-state index contributed by atoms with van der Waals surface area (Å²) in [5, 5.41) is 18.8. The second-order valence-corrected chi connectivity index (χ2v) is 13.9. The van der Waals surface area contributed by atoms with E-state index in [0.29, 0.717) is 41.2 Å². The topological polar surface area (TPSA) is 168 Å². The number of hydrogen-bond donors (Lipinski definition) is 2. The van der Waals surface area contributed by atoms with Crippen LogP contribution in [0.1, 0.15) is 59.2 Å². The van der Waals surface area contributed by atoms with Crippen LogP contribution in [0.3, 0.4) is 0 Å². The van der Waals surface area contributed by atoms with E-state index in [4.69, 9.17) is 16.6 Å². The maximum Gasteiger partial charge on any atom is 0.285 e. The minimum absolute atomic E-state index is 0.0210. The third-order valence-electron chi connectivity index (χ3n) is 8.34. The van der Waals surface area contributed by atoms with Gasteiger partial charge in [-0.25, -0.2) is 23.1 Å². The number of piperidine rings is 1. The molecule has 47 heavy (non-hydrogen) atoms. The predicted molar refractivity (Wildman–Crippen MR) is 180 cm³/mol. The molecule has 5 aromatic rings. The molecule has 0 bridgehead atoms. The van der Waals surface area contributed by atoms with Gasteiger partial charge in [0.15, 0.2) is 11.4 Å². The van der Waals surface area contributed by atoms with E-state index in [0.717, 1.165) is 35.6 Å². The maximum absolute atomic E-state index is 13.8. The molecule has 0 radical (unpaired) electrons. The molecule has 2 N–H and O–H groups in total. The molecule has 1 fully saturated rings. The van der Waals surface area contributed by atoms with Gasteiger partial charge in [-0.15, -0.1) is 0 Å². The summed E-state index contributed by atoms with van der Waals surface area (Å²) >= 11 is 6.05. The normalized spacial score (nSPS) is 14.7. The Kier molecular flexibility index (Phi) is 8.37. The van der Waals surface area contributed by atoms with Gasteiger partial charge in [0.1, 0.15) is 11.2 Å². The number of sulfonamides is 1. The van der Waals surface area contributed by atoms with E-state index in [1.54, 1.807) is 23.7 Å². The number of rotatable bonds is 7. The van der Waals surface area contributed by atoms with Gasteiger partial charge in [-0.3, -0.25) is 18.8 Å². The van der Waals surface area contributed by atoms with Crippen molar-refractivity contribution < 1.29 is 13.2 Å². The third-order valence-corrected chi connectivity index (χ3v) is 9.10. The van der Waals surface area contributed by atoms with Crippen molar-refractivity contribution in [3.05, 3.63) is 86.6 Å². The second-order valence-electron chi connectivity index (χ2n) is 11.8. The summed E-state index contributed by atoms with van der Waals surface area (Å²) in [5.41, 5.74) is 3.28. The van der Waals surface area contributed by atoms with Crippen LogP contribution < -0.4 is 20.5 Å². The van der Waals surface area contributed by atoms with Crippen LogP contribution in [0.2, 0.25) is 5.15 Å². The highest BCUT2D eigenvalue weighted by atomic mass is 35.5. The molecule has 4 heterocycles. The number of carbonyl (C=O) groups excluding carboxylic acids is 1. The fraction of sp³-hybridized carbons (Fsp3) is 0.312. The van der Waals surface area contributed by atoms with Gasteiger partial charge in [0, 0.05) is 31.1 Å². The van der Waals surface area contributed by atoms with Crippen LogP contribution in [-0.2, 0) is 17.1 Å². The van der Waals surface area contributed by atoms with Gasteiger partial charge < -0.3 is 10.2 Å². The van der Waals surface area contributed by atoms with Crippen LogP contribution in [0.15, 0.2) is 53.3 Å². The van der Waals surface area contributed by atoms with Gasteiger partial charge in [-0.2, -0.15) is 10.4 Å². The number of carbonyl (C=O) groups is 1. The van der Waals surface area contributed by atoms with Gasteiger partial charge in [0.05, 0.1) is 40.4 Å². The zero-order valence-corrected chi connectivity index (χ0v) is 27.7. The number of aryl methyl sites for hydroxylation is 1. The number of nitrogens with one attached hydrogen (secondary N) is 2. The fourth-order valence-electron chi connectivity index (χ4n) is 6.17. The zero-order valence-electron chi connectivity index (χ0n) is 26.2. The molecule has 0 spiro atoms. The van der Waals surface area contributed by atoms with Crippen molar-refractivity contribution in [2.75, 3.05) is 29.6 Å². The number of para-hydroxylation sites is 1. The molecule has 2 aromatic carbocycles. The van der Waals surface area contributed by atoms with Crippen LogP contribution in [0, 0.1) is 18.3 Å². The molecular weight excluding hydrogens is 642 g/mol. The molecule has 242 valence electrons. The monoisotopic (exact) mass is 673 g/mol. The number of pyridine rings is 1. The minimum Gasteiger partial charge on any atom is -0.377 e. The van der Waals surface area contributed by atoms with Crippen molar-refractivity contribution in [2.45, 2.75) is 38.8 Å². The number of hydrogen-bond acceptors (Lipinski definition) is 10. The molecule has 3 aromatic heterocycles.